The molecule has 0 aliphatic heterocycles. The van der Waals surface area contributed by atoms with Gasteiger partial charge in [0.2, 0.25) is 0 Å². The SMILES string of the molecule is CCc1sc(CNCCOC)nc1C. The van der Waals surface area contributed by atoms with E-state index in [0.717, 1.165) is 26.1 Å². The number of hydrogen-bond donors (Lipinski definition) is 1. The lowest BCUT2D eigenvalue weighted by Crippen LogP contribution is -2.18. The Bertz CT molecular complexity index is 273. The highest BCUT2D eigenvalue weighted by molar-refractivity contribution is 7.11. The van der Waals surface area contributed by atoms with E-state index in [2.05, 4.69) is 24.1 Å². The Hall–Kier alpha value is -0.450. The smallest absolute Gasteiger partial charge is 0.107 e. The first-order chi connectivity index (χ1) is 6.77. The molecule has 0 spiro atoms. The summed E-state index contributed by atoms with van der Waals surface area (Å²) < 4.78 is 4.95. The fraction of sp³-hybridized carbons (Fsp3) is 0.700. The van der Waals surface area contributed by atoms with Crippen molar-refractivity contribution in [3.8, 4) is 0 Å². The summed E-state index contributed by atoms with van der Waals surface area (Å²) in [6.07, 6.45) is 1.08. The summed E-state index contributed by atoms with van der Waals surface area (Å²) in [5.41, 5.74) is 1.18. The predicted octanol–water partition coefficient (Wildman–Crippen LogP) is 1.75. The van der Waals surface area contributed by atoms with Crippen molar-refractivity contribution in [3.05, 3.63) is 15.6 Å². The van der Waals surface area contributed by atoms with Crippen molar-refractivity contribution in [1.29, 1.82) is 0 Å². The third-order valence-electron chi connectivity index (χ3n) is 2.02. The van der Waals surface area contributed by atoms with Crippen molar-refractivity contribution < 1.29 is 4.74 Å². The molecule has 0 saturated carbocycles. The van der Waals surface area contributed by atoms with Crippen LogP contribution in [0.1, 0.15) is 22.5 Å². The molecule has 0 bridgehead atoms. The summed E-state index contributed by atoms with van der Waals surface area (Å²) >= 11 is 1.80. The number of ether oxygens (including phenoxy) is 1. The number of rotatable bonds is 6. The Balaban J connectivity index is 2.35. The van der Waals surface area contributed by atoms with E-state index in [9.17, 15) is 0 Å². The van der Waals surface area contributed by atoms with Gasteiger partial charge in [-0.15, -0.1) is 11.3 Å². The van der Waals surface area contributed by atoms with E-state index < -0.39 is 0 Å². The van der Waals surface area contributed by atoms with Crippen molar-refractivity contribution in [1.82, 2.24) is 10.3 Å². The van der Waals surface area contributed by atoms with Gasteiger partial charge in [-0.3, -0.25) is 0 Å². The average Bonchev–Trinajstić information content (AvgIpc) is 2.54. The van der Waals surface area contributed by atoms with Gasteiger partial charge in [0, 0.05) is 25.1 Å². The van der Waals surface area contributed by atoms with Gasteiger partial charge in [0.05, 0.1) is 12.3 Å². The molecule has 0 aliphatic carbocycles. The molecule has 0 unspecified atom stereocenters. The Morgan fingerprint density at radius 1 is 1.50 bits per heavy atom. The Kier molecular flexibility index (Phi) is 5.07. The largest absolute Gasteiger partial charge is 0.383 e. The molecule has 0 saturated heterocycles. The van der Waals surface area contributed by atoms with Gasteiger partial charge < -0.3 is 10.1 Å². The lowest BCUT2D eigenvalue weighted by atomic mass is 10.3. The number of aromatic nitrogens is 1. The van der Waals surface area contributed by atoms with Crippen molar-refractivity contribution in [2.75, 3.05) is 20.3 Å². The number of nitrogens with one attached hydrogen (secondary N) is 1. The molecule has 1 rings (SSSR count). The molecule has 4 heteroatoms. The number of methoxy groups -OCH3 is 1. The van der Waals surface area contributed by atoms with Crippen molar-refractivity contribution >= 4 is 11.3 Å². The predicted molar refractivity (Wildman–Crippen MR) is 59.8 cm³/mol. The highest BCUT2D eigenvalue weighted by atomic mass is 32.1. The van der Waals surface area contributed by atoms with E-state index in [1.807, 2.05) is 0 Å². The molecule has 1 N–H and O–H groups in total. The van der Waals surface area contributed by atoms with Gasteiger partial charge in [0.1, 0.15) is 5.01 Å². The second kappa shape index (κ2) is 6.11. The quantitative estimate of drug-likeness (QED) is 0.733. The number of aryl methyl sites for hydroxylation is 2. The molecule has 3 nitrogen and oxygen atoms in total. The third-order valence-corrected chi connectivity index (χ3v) is 3.32. The number of hydrogen-bond acceptors (Lipinski definition) is 4. The van der Waals surface area contributed by atoms with Gasteiger partial charge in [0.25, 0.3) is 0 Å². The maximum Gasteiger partial charge on any atom is 0.107 e. The Labute approximate surface area is 89.5 Å². The zero-order chi connectivity index (χ0) is 10.4. The van der Waals surface area contributed by atoms with Gasteiger partial charge in [0.15, 0.2) is 0 Å². The zero-order valence-corrected chi connectivity index (χ0v) is 9.91. The van der Waals surface area contributed by atoms with E-state index in [1.54, 1.807) is 18.4 Å². The Morgan fingerprint density at radius 2 is 2.29 bits per heavy atom. The van der Waals surface area contributed by atoms with Crippen LogP contribution in [0.2, 0.25) is 0 Å². The van der Waals surface area contributed by atoms with Crippen molar-refractivity contribution in [2.45, 2.75) is 26.8 Å². The summed E-state index contributed by atoms with van der Waals surface area (Å²) in [6.45, 7) is 6.74. The molecular formula is C10H18N2OS. The second-order valence-corrected chi connectivity index (χ2v) is 4.31. The van der Waals surface area contributed by atoms with Crippen LogP contribution in [0.15, 0.2) is 0 Å². The Morgan fingerprint density at radius 3 is 2.86 bits per heavy atom. The lowest BCUT2D eigenvalue weighted by Gasteiger charge is -1.99. The van der Waals surface area contributed by atoms with Gasteiger partial charge in [-0.05, 0) is 13.3 Å². The molecule has 0 atom stereocenters. The minimum Gasteiger partial charge on any atom is -0.383 e. The summed E-state index contributed by atoms with van der Waals surface area (Å²) in [5.74, 6) is 0. The minimum absolute atomic E-state index is 0.755. The van der Waals surface area contributed by atoms with E-state index in [1.165, 1.54) is 15.6 Å². The van der Waals surface area contributed by atoms with Crippen LogP contribution in [-0.4, -0.2) is 25.2 Å². The molecule has 1 aromatic heterocycles. The molecule has 1 aromatic rings. The van der Waals surface area contributed by atoms with Gasteiger partial charge in [-0.2, -0.15) is 0 Å². The highest BCUT2D eigenvalue weighted by Gasteiger charge is 2.04. The summed E-state index contributed by atoms with van der Waals surface area (Å²) in [5, 5.41) is 4.47. The molecule has 0 aliphatic rings. The van der Waals surface area contributed by atoms with Gasteiger partial charge in [-0.1, -0.05) is 6.92 Å². The molecule has 0 aromatic carbocycles. The molecule has 0 radical (unpaired) electrons. The van der Waals surface area contributed by atoms with E-state index in [-0.39, 0.29) is 0 Å². The van der Waals surface area contributed by atoms with Crippen LogP contribution in [0.4, 0.5) is 0 Å². The average molecular weight is 214 g/mol. The van der Waals surface area contributed by atoms with E-state index in [4.69, 9.17) is 4.74 Å². The van der Waals surface area contributed by atoms with Crippen molar-refractivity contribution in [3.63, 3.8) is 0 Å². The lowest BCUT2D eigenvalue weighted by molar-refractivity contribution is 0.199. The van der Waals surface area contributed by atoms with Crippen LogP contribution in [0, 0.1) is 6.92 Å². The fourth-order valence-electron chi connectivity index (χ4n) is 1.26. The molecule has 80 valence electrons. The highest BCUT2D eigenvalue weighted by Crippen LogP contribution is 2.17. The van der Waals surface area contributed by atoms with Gasteiger partial charge >= 0.3 is 0 Å². The van der Waals surface area contributed by atoms with Crippen LogP contribution in [-0.2, 0) is 17.7 Å². The van der Waals surface area contributed by atoms with Crippen LogP contribution >= 0.6 is 11.3 Å². The van der Waals surface area contributed by atoms with Crippen LogP contribution in [0.3, 0.4) is 0 Å². The normalized spacial score (nSPS) is 10.8. The summed E-state index contributed by atoms with van der Waals surface area (Å²) in [6, 6.07) is 0. The standard InChI is InChI=1S/C10H18N2OS/c1-4-9-8(2)12-10(14-9)7-11-5-6-13-3/h11H,4-7H2,1-3H3. The summed E-state index contributed by atoms with van der Waals surface area (Å²) in [7, 11) is 1.71. The zero-order valence-electron chi connectivity index (χ0n) is 9.09. The maximum atomic E-state index is 4.95. The first-order valence-electron chi connectivity index (χ1n) is 4.92. The molecule has 0 amide bonds. The first kappa shape index (κ1) is 11.6. The van der Waals surface area contributed by atoms with E-state index in [0.29, 0.717) is 0 Å². The third kappa shape index (κ3) is 3.36. The summed E-state index contributed by atoms with van der Waals surface area (Å²) in [4.78, 5) is 5.89. The van der Waals surface area contributed by atoms with Crippen molar-refractivity contribution in [2.24, 2.45) is 0 Å². The molecular weight excluding hydrogens is 196 g/mol. The molecule has 0 fully saturated rings. The maximum absolute atomic E-state index is 4.95. The van der Waals surface area contributed by atoms with Crippen LogP contribution < -0.4 is 5.32 Å². The number of thiazole rings is 1. The topological polar surface area (TPSA) is 34.1 Å². The molecule has 1 heterocycles. The van der Waals surface area contributed by atoms with Crippen LogP contribution in [0.25, 0.3) is 0 Å². The van der Waals surface area contributed by atoms with Crippen LogP contribution in [0.5, 0.6) is 0 Å². The van der Waals surface area contributed by atoms with E-state index >= 15 is 0 Å². The number of nitrogens with zero attached hydrogens (tertiary/aromatic N) is 1. The monoisotopic (exact) mass is 214 g/mol. The van der Waals surface area contributed by atoms with Gasteiger partial charge in [-0.25, -0.2) is 4.98 Å². The first-order valence-corrected chi connectivity index (χ1v) is 5.74. The second-order valence-electron chi connectivity index (χ2n) is 3.14. The minimum atomic E-state index is 0.755. The molecule has 14 heavy (non-hydrogen) atoms. The fourth-order valence-corrected chi connectivity index (χ4v) is 2.24.